The van der Waals surface area contributed by atoms with Crippen molar-refractivity contribution < 1.29 is 18.6 Å². The van der Waals surface area contributed by atoms with E-state index in [0.717, 1.165) is 11.1 Å². The van der Waals surface area contributed by atoms with Gasteiger partial charge in [0.15, 0.2) is 0 Å². The maximum absolute atomic E-state index is 14.5. The molecule has 0 spiro atoms. The molecule has 2 unspecified atom stereocenters. The summed E-state index contributed by atoms with van der Waals surface area (Å²) in [5, 5.41) is 4.26. The molecule has 0 aliphatic carbocycles. The van der Waals surface area contributed by atoms with Gasteiger partial charge in [0.05, 0.1) is 26.4 Å². The lowest BCUT2D eigenvalue weighted by atomic mass is 10.1. The molecule has 31 heavy (non-hydrogen) atoms. The Hall–Kier alpha value is -2.43. The molecular formula is C25H30NO4P. The molecule has 3 rings (SSSR count). The zero-order valence-corrected chi connectivity index (χ0v) is 19.1. The largest absolute Gasteiger partial charge is 0.497 e. The molecule has 6 heteroatoms. The summed E-state index contributed by atoms with van der Waals surface area (Å²) < 4.78 is 31.5. The third-order valence-electron chi connectivity index (χ3n) is 5.08. The number of benzene rings is 3. The molecule has 3 atom stereocenters. The van der Waals surface area contributed by atoms with Crippen LogP contribution in [0.1, 0.15) is 29.9 Å². The van der Waals surface area contributed by atoms with E-state index in [0.29, 0.717) is 24.3 Å². The van der Waals surface area contributed by atoms with Gasteiger partial charge in [-0.3, -0.25) is 9.88 Å². The first-order valence-corrected chi connectivity index (χ1v) is 12.1. The highest BCUT2D eigenvalue weighted by Gasteiger charge is 2.39. The third kappa shape index (κ3) is 5.63. The second kappa shape index (κ2) is 11.3. The Morgan fingerprint density at radius 2 is 1.52 bits per heavy atom. The number of rotatable bonds is 11. The van der Waals surface area contributed by atoms with Gasteiger partial charge in [0.1, 0.15) is 11.5 Å². The van der Waals surface area contributed by atoms with E-state index in [1.54, 1.807) is 14.2 Å². The highest BCUT2D eigenvalue weighted by atomic mass is 31.2. The van der Waals surface area contributed by atoms with Crippen LogP contribution >= 0.6 is 7.37 Å². The zero-order valence-electron chi connectivity index (χ0n) is 18.2. The number of methoxy groups -OCH3 is 2. The number of hydrogen-bond acceptors (Lipinski definition) is 5. The second-order valence-electron chi connectivity index (χ2n) is 7.11. The van der Waals surface area contributed by atoms with Crippen LogP contribution in [-0.2, 0) is 13.8 Å². The summed E-state index contributed by atoms with van der Waals surface area (Å²) in [5.41, 5.74) is 1.88. The second-order valence-corrected chi connectivity index (χ2v) is 9.60. The molecule has 0 radical (unpaired) electrons. The highest BCUT2D eigenvalue weighted by Crippen LogP contribution is 2.58. The summed E-state index contributed by atoms with van der Waals surface area (Å²) in [6.45, 7) is 2.61. The Morgan fingerprint density at radius 1 is 0.871 bits per heavy atom. The van der Waals surface area contributed by atoms with Gasteiger partial charge in [-0.2, -0.15) is 0 Å². The Bertz CT molecular complexity index is 981. The van der Waals surface area contributed by atoms with Crippen LogP contribution in [0.3, 0.4) is 0 Å². The molecule has 5 nitrogen and oxygen atoms in total. The molecule has 0 aromatic heterocycles. The highest BCUT2D eigenvalue weighted by molar-refractivity contribution is 7.67. The van der Waals surface area contributed by atoms with Gasteiger partial charge in [-0.25, -0.2) is 0 Å². The molecule has 0 amide bonds. The molecule has 1 N–H and O–H groups in total. The molecular weight excluding hydrogens is 409 g/mol. The van der Waals surface area contributed by atoms with E-state index in [9.17, 15) is 4.57 Å². The summed E-state index contributed by atoms with van der Waals surface area (Å²) in [4.78, 5) is 0. The fraction of sp³-hybridized carbons (Fsp3) is 0.280. The average Bonchev–Trinajstić information content (AvgIpc) is 2.83. The van der Waals surface area contributed by atoms with E-state index in [1.165, 1.54) is 0 Å². The molecule has 0 saturated heterocycles. The van der Waals surface area contributed by atoms with Crippen molar-refractivity contribution in [1.29, 1.82) is 0 Å². The predicted octanol–water partition coefficient (Wildman–Crippen LogP) is 5.31. The van der Waals surface area contributed by atoms with Gasteiger partial charge >= 0.3 is 0 Å². The number of nitrogens with one attached hydrogen (secondary N) is 1. The third-order valence-corrected chi connectivity index (χ3v) is 7.87. The van der Waals surface area contributed by atoms with Crippen LogP contribution in [0.2, 0.25) is 0 Å². The van der Waals surface area contributed by atoms with Crippen molar-refractivity contribution >= 4 is 12.7 Å². The first-order valence-electron chi connectivity index (χ1n) is 10.4. The van der Waals surface area contributed by atoms with Crippen molar-refractivity contribution in [3.05, 3.63) is 96.1 Å². The van der Waals surface area contributed by atoms with E-state index in [1.807, 2.05) is 91.9 Å². The van der Waals surface area contributed by atoms with Crippen LogP contribution in [-0.4, -0.2) is 27.4 Å². The van der Waals surface area contributed by atoms with Crippen LogP contribution in [0.5, 0.6) is 5.75 Å². The molecule has 0 heterocycles. The average molecular weight is 439 g/mol. The summed E-state index contributed by atoms with van der Waals surface area (Å²) >= 11 is 0. The molecule has 0 bridgehead atoms. The Kier molecular flexibility index (Phi) is 8.44. The SMILES string of the molecule is CCOP(=O)(c1ccccc1)C(N[C@@H](COC)c1ccccc1)c1cccc(OC)c1. The van der Waals surface area contributed by atoms with Crippen molar-refractivity contribution in [3.8, 4) is 5.75 Å². The zero-order chi connectivity index (χ0) is 22.1. The van der Waals surface area contributed by atoms with Gasteiger partial charge < -0.3 is 14.0 Å². The maximum Gasteiger partial charge on any atom is 0.252 e. The molecule has 3 aromatic rings. The van der Waals surface area contributed by atoms with Gasteiger partial charge in [-0.15, -0.1) is 0 Å². The smallest absolute Gasteiger partial charge is 0.252 e. The van der Waals surface area contributed by atoms with Gasteiger partial charge in [-0.05, 0) is 42.3 Å². The summed E-state index contributed by atoms with van der Waals surface area (Å²) in [5.74, 6) is 0.105. The van der Waals surface area contributed by atoms with E-state index < -0.39 is 13.2 Å². The van der Waals surface area contributed by atoms with Crippen molar-refractivity contribution in [2.45, 2.75) is 18.7 Å². The van der Waals surface area contributed by atoms with Crippen LogP contribution in [0.25, 0.3) is 0 Å². The van der Waals surface area contributed by atoms with Gasteiger partial charge in [0, 0.05) is 12.4 Å². The van der Waals surface area contributed by atoms with Gasteiger partial charge in [-0.1, -0.05) is 60.7 Å². The maximum atomic E-state index is 14.5. The Morgan fingerprint density at radius 3 is 2.13 bits per heavy atom. The van der Waals surface area contributed by atoms with E-state index in [2.05, 4.69) is 5.32 Å². The molecule has 0 fully saturated rings. The monoisotopic (exact) mass is 439 g/mol. The van der Waals surface area contributed by atoms with Crippen LogP contribution < -0.4 is 15.4 Å². The standard InChI is InChI=1S/C25H30NO4P/c1-4-30-31(27,23-16-9-6-10-17-23)25(21-14-11-15-22(18-21)29-3)26-24(19-28-2)20-12-7-5-8-13-20/h5-18,24-26H,4,19H2,1-3H3/t24-,25?,31?/m0/s1. The number of ether oxygens (including phenoxy) is 2. The minimum absolute atomic E-state index is 0.181. The lowest BCUT2D eigenvalue weighted by Gasteiger charge is -2.32. The van der Waals surface area contributed by atoms with Crippen molar-refractivity contribution in [1.82, 2.24) is 5.32 Å². The topological polar surface area (TPSA) is 56.8 Å². The minimum atomic E-state index is -3.35. The number of hydrogen-bond donors (Lipinski definition) is 1. The van der Waals surface area contributed by atoms with Gasteiger partial charge in [0.2, 0.25) is 0 Å². The first kappa shape index (κ1) is 23.2. The molecule has 3 aromatic carbocycles. The molecule has 164 valence electrons. The van der Waals surface area contributed by atoms with Crippen molar-refractivity contribution in [2.75, 3.05) is 27.4 Å². The van der Waals surface area contributed by atoms with E-state index >= 15 is 0 Å². The molecule has 0 aliphatic rings. The lowest BCUT2D eigenvalue weighted by Crippen LogP contribution is -2.32. The molecule has 0 aliphatic heterocycles. The predicted molar refractivity (Wildman–Crippen MR) is 125 cm³/mol. The minimum Gasteiger partial charge on any atom is -0.497 e. The first-order chi connectivity index (χ1) is 15.1. The van der Waals surface area contributed by atoms with Crippen LogP contribution in [0.15, 0.2) is 84.9 Å². The summed E-state index contributed by atoms with van der Waals surface area (Å²) in [6, 6.07) is 26.9. The summed E-state index contributed by atoms with van der Waals surface area (Å²) in [6.07, 6.45) is 0. The fourth-order valence-electron chi connectivity index (χ4n) is 3.61. The molecule has 0 saturated carbocycles. The van der Waals surface area contributed by atoms with Crippen LogP contribution in [0, 0.1) is 0 Å². The lowest BCUT2D eigenvalue weighted by molar-refractivity contribution is 0.164. The quantitative estimate of drug-likeness (QED) is 0.410. The van der Waals surface area contributed by atoms with Crippen molar-refractivity contribution in [3.63, 3.8) is 0 Å². The summed E-state index contributed by atoms with van der Waals surface area (Å²) in [7, 11) is -0.0665. The van der Waals surface area contributed by atoms with E-state index in [4.69, 9.17) is 14.0 Å². The van der Waals surface area contributed by atoms with Crippen molar-refractivity contribution in [2.24, 2.45) is 0 Å². The van der Waals surface area contributed by atoms with E-state index in [-0.39, 0.29) is 6.04 Å². The normalized spacial score (nSPS) is 15.1. The Balaban J connectivity index is 2.12. The Labute approximate surface area is 184 Å². The van der Waals surface area contributed by atoms with Crippen LogP contribution in [0.4, 0.5) is 0 Å². The fourth-order valence-corrected chi connectivity index (χ4v) is 6.11. The van der Waals surface area contributed by atoms with Gasteiger partial charge in [0.25, 0.3) is 7.37 Å².